The summed E-state index contributed by atoms with van der Waals surface area (Å²) in [7, 11) is 3.26. The van der Waals surface area contributed by atoms with Crippen LogP contribution in [0.4, 0.5) is 5.69 Å². The first-order valence-corrected chi connectivity index (χ1v) is 10.7. The van der Waals surface area contributed by atoms with Crippen LogP contribution in [0.5, 0.6) is 5.75 Å². The fourth-order valence-corrected chi connectivity index (χ4v) is 4.10. The van der Waals surface area contributed by atoms with Gasteiger partial charge in [0.2, 0.25) is 0 Å². The number of para-hydroxylation sites is 2. The Labute approximate surface area is 187 Å². The molecule has 168 valence electrons. The number of nitrogens with zero attached hydrogens (tertiary/aromatic N) is 4. The van der Waals surface area contributed by atoms with Gasteiger partial charge in [-0.25, -0.2) is 0 Å². The number of hydrogen-bond acceptors (Lipinski definition) is 6. The summed E-state index contributed by atoms with van der Waals surface area (Å²) in [5.74, 6) is 0.731. The summed E-state index contributed by atoms with van der Waals surface area (Å²) in [6.07, 6.45) is 1.72. The van der Waals surface area contributed by atoms with Gasteiger partial charge in [0.15, 0.2) is 0 Å². The van der Waals surface area contributed by atoms with E-state index in [1.165, 1.54) is 0 Å². The second kappa shape index (κ2) is 9.40. The maximum absolute atomic E-state index is 13.3. The van der Waals surface area contributed by atoms with Crippen molar-refractivity contribution >= 4 is 22.5 Å². The van der Waals surface area contributed by atoms with Crippen LogP contribution >= 0.6 is 0 Å². The molecule has 0 bridgehead atoms. The summed E-state index contributed by atoms with van der Waals surface area (Å²) < 4.78 is 12.1. The highest BCUT2D eigenvalue weighted by molar-refractivity contribution is 5.98. The molecule has 0 aliphatic carbocycles. The van der Waals surface area contributed by atoms with Crippen LogP contribution in [0.3, 0.4) is 0 Å². The van der Waals surface area contributed by atoms with Crippen LogP contribution in [0.1, 0.15) is 16.1 Å². The summed E-state index contributed by atoms with van der Waals surface area (Å²) in [6.45, 7) is 5.28. The van der Waals surface area contributed by atoms with E-state index in [1.807, 2.05) is 36.1 Å². The van der Waals surface area contributed by atoms with Gasteiger partial charge in [-0.15, -0.1) is 0 Å². The number of piperazine rings is 1. The molecule has 2 aromatic heterocycles. The number of fused-ring (bicyclic) bond motifs is 1. The average molecular weight is 437 g/mol. The quantitative estimate of drug-likeness (QED) is 0.590. The number of methoxy groups -OCH3 is 2. The lowest BCUT2D eigenvalue weighted by Crippen LogP contribution is -2.49. The Balaban J connectivity index is 1.55. The Kier molecular flexibility index (Phi) is 6.41. The standard InChI is InChI=1S/C24H28N4O4/c1-17-18(16-19-20(25-17)8-9-27(24(19)30)14-15-31-2)23(29)28-12-10-26(11-13-28)21-6-4-5-7-22(21)32-3/h4-9,16H,10-15H2,1-3H3. The van der Waals surface area contributed by atoms with Crippen LogP contribution < -0.4 is 15.2 Å². The van der Waals surface area contributed by atoms with E-state index in [4.69, 9.17) is 9.47 Å². The molecule has 0 saturated carbocycles. The van der Waals surface area contributed by atoms with Crippen molar-refractivity contribution < 1.29 is 14.3 Å². The van der Waals surface area contributed by atoms with Gasteiger partial charge in [0.25, 0.3) is 11.5 Å². The third-order valence-electron chi connectivity index (χ3n) is 5.91. The van der Waals surface area contributed by atoms with Crippen molar-refractivity contribution in [2.45, 2.75) is 13.5 Å². The molecule has 0 atom stereocenters. The van der Waals surface area contributed by atoms with Crippen molar-refractivity contribution in [3.8, 4) is 5.75 Å². The van der Waals surface area contributed by atoms with Gasteiger partial charge in [-0.1, -0.05) is 12.1 Å². The summed E-state index contributed by atoms with van der Waals surface area (Å²) >= 11 is 0. The summed E-state index contributed by atoms with van der Waals surface area (Å²) in [4.78, 5) is 34.8. The van der Waals surface area contributed by atoms with Gasteiger partial charge in [0.05, 0.1) is 41.6 Å². The number of carbonyl (C=O) groups is 1. The fourth-order valence-electron chi connectivity index (χ4n) is 4.10. The van der Waals surface area contributed by atoms with Crippen molar-refractivity contribution in [1.29, 1.82) is 0 Å². The minimum atomic E-state index is -0.165. The topological polar surface area (TPSA) is 76.9 Å². The lowest BCUT2D eigenvalue weighted by atomic mass is 10.1. The molecule has 0 spiro atoms. The van der Waals surface area contributed by atoms with Crippen molar-refractivity contribution in [1.82, 2.24) is 14.5 Å². The predicted octanol–water partition coefficient (Wildman–Crippen LogP) is 2.32. The van der Waals surface area contributed by atoms with Crippen molar-refractivity contribution in [3.05, 3.63) is 64.2 Å². The minimum Gasteiger partial charge on any atom is -0.495 e. The fraction of sp³-hybridized carbons (Fsp3) is 0.375. The number of pyridine rings is 2. The summed E-state index contributed by atoms with van der Waals surface area (Å²) in [5, 5.41) is 0.449. The Morgan fingerprint density at radius 1 is 1.09 bits per heavy atom. The zero-order chi connectivity index (χ0) is 22.7. The maximum Gasteiger partial charge on any atom is 0.260 e. The van der Waals surface area contributed by atoms with E-state index in [2.05, 4.69) is 9.88 Å². The third-order valence-corrected chi connectivity index (χ3v) is 5.91. The van der Waals surface area contributed by atoms with E-state index >= 15 is 0 Å². The summed E-state index contributed by atoms with van der Waals surface area (Å²) in [5.41, 5.74) is 2.57. The van der Waals surface area contributed by atoms with E-state index < -0.39 is 0 Å². The first kappa shape index (κ1) is 21.8. The van der Waals surface area contributed by atoms with Crippen LogP contribution in [0.2, 0.25) is 0 Å². The summed E-state index contributed by atoms with van der Waals surface area (Å²) in [6, 6.07) is 11.4. The first-order valence-electron chi connectivity index (χ1n) is 10.7. The maximum atomic E-state index is 13.3. The van der Waals surface area contributed by atoms with Gasteiger partial charge < -0.3 is 23.8 Å². The molecule has 1 fully saturated rings. The molecule has 0 unspecified atom stereocenters. The molecular formula is C24H28N4O4. The molecule has 3 aromatic rings. The molecular weight excluding hydrogens is 408 g/mol. The van der Waals surface area contributed by atoms with Crippen LogP contribution in [0.15, 0.2) is 47.4 Å². The first-order chi connectivity index (χ1) is 15.5. The number of benzene rings is 1. The second-order valence-electron chi connectivity index (χ2n) is 7.81. The molecule has 1 aliphatic rings. The van der Waals surface area contributed by atoms with Crippen molar-refractivity contribution in [2.24, 2.45) is 0 Å². The van der Waals surface area contributed by atoms with Crippen LogP contribution in [-0.4, -0.2) is 67.4 Å². The molecule has 3 heterocycles. The van der Waals surface area contributed by atoms with Crippen LogP contribution in [0, 0.1) is 6.92 Å². The third kappa shape index (κ3) is 4.18. The Morgan fingerprint density at radius 3 is 2.56 bits per heavy atom. The number of aromatic nitrogens is 2. The molecule has 1 saturated heterocycles. The average Bonchev–Trinajstić information content (AvgIpc) is 2.83. The highest BCUT2D eigenvalue weighted by atomic mass is 16.5. The zero-order valence-electron chi connectivity index (χ0n) is 18.7. The van der Waals surface area contributed by atoms with Crippen LogP contribution in [-0.2, 0) is 11.3 Å². The normalized spacial score (nSPS) is 14.1. The molecule has 0 N–H and O–H groups in total. The van der Waals surface area contributed by atoms with Gasteiger partial charge >= 0.3 is 0 Å². The Hall–Kier alpha value is -3.39. The number of amides is 1. The second-order valence-corrected chi connectivity index (χ2v) is 7.81. The lowest BCUT2D eigenvalue weighted by molar-refractivity contribution is 0.0745. The molecule has 1 amide bonds. The Bertz CT molecular complexity index is 1180. The number of carbonyl (C=O) groups excluding carboxylic acids is 1. The molecule has 32 heavy (non-hydrogen) atoms. The molecule has 0 radical (unpaired) electrons. The molecule has 4 rings (SSSR count). The largest absolute Gasteiger partial charge is 0.495 e. The number of anilines is 1. The number of aryl methyl sites for hydroxylation is 1. The predicted molar refractivity (Wildman–Crippen MR) is 124 cm³/mol. The number of hydrogen-bond donors (Lipinski definition) is 0. The highest BCUT2D eigenvalue weighted by Crippen LogP contribution is 2.28. The number of rotatable bonds is 6. The monoisotopic (exact) mass is 436 g/mol. The molecule has 8 nitrogen and oxygen atoms in total. The SMILES string of the molecule is COCCn1ccc2nc(C)c(C(=O)N3CCN(c4ccccc4OC)CC3)cc2c1=O. The number of ether oxygens (including phenoxy) is 2. The van der Waals surface area contributed by atoms with E-state index in [-0.39, 0.29) is 11.5 Å². The minimum absolute atomic E-state index is 0.0942. The lowest BCUT2D eigenvalue weighted by Gasteiger charge is -2.36. The van der Waals surface area contributed by atoms with Crippen LogP contribution in [0.25, 0.3) is 10.9 Å². The van der Waals surface area contributed by atoms with Gasteiger partial charge in [0, 0.05) is 46.0 Å². The van der Waals surface area contributed by atoms with E-state index in [9.17, 15) is 9.59 Å². The van der Waals surface area contributed by atoms with Gasteiger partial charge in [-0.3, -0.25) is 14.6 Å². The van der Waals surface area contributed by atoms with E-state index in [0.29, 0.717) is 61.5 Å². The zero-order valence-corrected chi connectivity index (χ0v) is 18.7. The molecule has 8 heteroatoms. The van der Waals surface area contributed by atoms with Gasteiger partial charge in [-0.05, 0) is 31.2 Å². The van der Waals surface area contributed by atoms with Crippen molar-refractivity contribution in [2.75, 3.05) is 51.9 Å². The Morgan fingerprint density at radius 2 is 1.84 bits per heavy atom. The van der Waals surface area contributed by atoms with Crippen molar-refractivity contribution in [3.63, 3.8) is 0 Å². The van der Waals surface area contributed by atoms with Gasteiger partial charge in [0.1, 0.15) is 5.75 Å². The van der Waals surface area contributed by atoms with E-state index in [1.54, 1.807) is 37.1 Å². The van der Waals surface area contributed by atoms with E-state index in [0.717, 1.165) is 11.4 Å². The van der Waals surface area contributed by atoms with Gasteiger partial charge in [-0.2, -0.15) is 0 Å². The molecule has 1 aromatic carbocycles. The molecule has 1 aliphatic heterocycles. The highest BCUT2D eigenvalue weighted by Gasteiger charge is 2.25. The smallest absolute Gasteiger partial charge is 0.260 e.